The number of carbonyl (C=O) groups is 1. The van der Waals surface area contributed by atoms with Crippen molar-refractivity contribution in [1.29, 1.82) is 0 Å². The van der Waals surface area contributed by atoms with Crippen LogP contribution in [-0.2, 0) is 13.0 Å². The zero-order chi connectivity index (χ0) is 13.2. The highest BCUT2D eigenvalue weighted by Gasteiger charge is 2.22. The summed E-state index contributed by atoms with van der Waals surface area (Å²) in [5, 5.41) is 0. The van der Waals surface area contributed by atoms with Crippen LogP contribution in [0.25, 0.3) is 0 Å². The second kappa shape index (κ2) is 5.09. The molecular formula is C14H12BrN3O. The van der Waals surface area contributed by atoms with Crippen LogP contribution < -0.4 is 0 Å². The fourth-order valence-corrected chi connectivity index (χ4v) is 2.44. The molecular weight excluding hydrogens is 306 g/mol. The lowest BCUT2D eigenvalue weighted by Gasteiger charge is -2.27. The van der Waals surface area contributed by atoms with Crippen molar-refractivity contribution in [3.8, 4) is 0 Å². The SMILES string of the molecule is O=C(c1ccc(Br)cn1)N1CCc2ncccc2C1. The van der Waals surface area contributed by atoms with Crippen molar-refractivity contribution in [1.82, 2.24) is 14.9 Å². The molecule has 0 fully saturated rings. The quantitative estimate of drug-likeness (QED) is 0.811. The molecule has 3 heterocycles. The van der Waals surface area contributed by atoms with Crippen LogP contribution in [0.1, 0.15) is 21.7 Å². The van der Waals surface area contributed by atoms with Crippen molar-refractivity contribution in [2.75, 3.05) is 6.54 Å². The minimum atomic E-state index is -0.0259. The Morgan fingerprint density at radius 1 is 1.26 bits per heavy atom. The Kier molecular flexibility index (Phi) is 3.29. The Bertz CT molecular complexity index is 612. The van der Waals surface area contributed by atoms with Crippen molar-refractivity contribution in [3.63, 3.8) is 0 Å². The van der Waals surface area contributed by atoms with Gasteiger partial charge in [-0.2, -0.15) is 0 Å². The summed E-state index contributed by atoms with van der Waals surface area (Å²) in [6.45, 7) is 1.31. The molecule has 0 saturated carbocycles. The molecule has 0 bridgehead atoms. The first-order chi connectivity index (χ1) is 9.24. The number of nitrogens with zero attached hydrogens (tertiary/aromatic N) is 3. The van der Waals surface area contributed by atoms with Gasteiger partial charge in [-0.15, -0.1) is 0 Å². The first-order valence-electron chi connectivity index (χ1n) is 6.07. The Morgan fingerprint density at radius 3 is 2.95 bits per heavy atom. The number of fused-ring (bicyclic) bond motifs is 1. The minimum Gasteiger partial charge on any atom is -0.333 e. The molecule has 0 radical (unpaired) electrons. The number of hydrogen-bond donors (Lipinski definition) is 0. The van der Waals surface area contributed by atoms with Crippen molar-refractivity contribution in [2.24, 2.45) is 0 Å². The Morgan fingerprint density at radius 2 is 2.16 bits per heavy atom. The molecule has 0 atom stereocenters. The smallest absolute Gasteiger partial charge is 0.272 e. The van der Waals surface area contributed by atoms with E-state index in [-0.39, 0.29) is 5.91 Å². The van der Waals surface area contributed by atoms with Gasteiger partial charge in [0.05, 0.1) is 0 Å². The molecule has 1 aliphatic heterocycles. The predicted octanol–water partition coefficient (Wildman–Crippen LogP) is 2.44. The van der Waals surface area contributed by atoms with E-state index in [1.165, 1.54) is 0 Å². The summed E-state index contributed by atoms with van der Waals surface area (Å²) in [7, 11) is 0. The molecule has 0 unspecified atom stereocenters. The van der Waals surface area contributed by atoms with E-state index >= 15 is 0 Å². The maximum Gasteiger partial charge on any atom is 0.272 e. The number of hydrogen-bond acceptors (Lipinski definition) is 3. The third-order valence-corrected chi connectivity index (χ3v) is 3.67. The van der Waals surface area contributed by atoms with Gasteiger partial charge in [0.1, 0.15) is 5.69 Å². The summed E-state index contributed by atoms with van der Waals surface area (Å²) in [4.78, 5) is 22.7. The summed E-state index contributed by atoms with van der Waals surface area (Å²) < 4.78 is 0.872. The monoisotopic (exact) mass is 317 g/mol. The van der Waals surface area contributed by atoms with Gasteiger partial charge in [0, 0.05) is 42.1 Å². The summed E-state index contributed by atoms with van der Waals surface area (Å²) in [6.07, 6.45) is 4.25. The zero-order valence-electron chi connectivity index (χ0n) is 10.2. The summed E-state index contributed by atoms with van der Waals surface area (Å²) >= 11 is 3.32. The molecule has 2 aromatic heterocycles. The fourth-order valence-electron chi connectivity index (χ4n) is 2.20. The van der Waals surface area contributed by atoms with Gasteiger partial charge in [-0.1, -0.05) is 6.07 Å². The van der Waals surface area contributed by atoms with Crippen LogP contribution in [0.4, 0.5) is 0 Å². The van der Waals surface area contributed by atoms with Crippen LogP contribution >= 0.6 is 15.9 Å². The third-order valence-electron chi connectivity index (χ3n) is 3.20. The minimum absolute atomic E-state index is 0.0259. The molecule has 0 saturated heterocycles. The number of amides is 1. The van der Waals surface area contributed by atoms with Crippen molar-refractivity contribution in [3.05, 3.63) is 58.1 Å². The zero-order valence-corrected chi connectivity index (χ0v) is 11.8. The van der Waals surface area contributed by atoms with E-state index < -0.39 is 0 Å². The molecule has 1 aliphatic rings. The predicted molar refractivity (Wildman–Crippen MR) is 74.6 cm³/mol. The van der Waals surface area contributed by atoms with Gasteiger partial charge in [-0.05, 0) is 39.7 Å². The molecule has 1 amide bonds. The molecule has 0 aliphatic carbocycles. The number of aromatic nitrogens is 2. The van der Waals surface area contributed by atoms with Gasteiger partial charge < -0.3 is 4.90 Å². The number of halogens is 1. The Labute approximate surface area is 119 Å². The maximum atomic E-state index is 12.3. The number of carbonyl (C=O) groups excluding carboxylic acids is 1. The molecule has 96 valence electrons. The van der Waals surface area contributed by atoms with Crippen molar-refractivity contribution >= 4 is 21.8 Å². The van der Waals surface area contributed by atoms with Crippen LogP contribution in [0.5, 0.6) is 0 Å². The molecule has 0 spiro atoms. The van der Waals surface area contributed by atoms with Crippen LogP contribution in [0.3, 0.4) is 0 Å². The molecule has 5 heteroatoms. The van der Waals surface area contributed by atoms with E-state index in [0.717, 1.165) is 22.2 Å². The van der Waals surface area contributed by atoms with Gasteiger partial charge >= 0.3 is 0 Å². The highest BCUT2D eigenvalue weighted by atomic mass is 79.9. The Hall–Kier alpha value is -1.75. The van der Waals surface area contributed by atoms with Gasteiger partial charge in [0.25, 0.3) is 5.91 Å². The average Bonchev–Trinajstić information content (AvgIpc) is 2.47. The first kappa shape index (κ1) is 12.3. The lowest BCUT2D eigenvalue weighted by atomic mass is 10.1. The standard InChI is InChI=1S/C14H12BrN3O/c15-11-3-4-13(17-8-11)14(19)18-7-5-12-10(9-18)2-1-6-16-12/h1-4,6,8H,5,7,9H2. The summed E-state index contributed by atoms with van der Waals surface area (Å²) in [5.41, 5.74) is 2.70. The normalized spacial score (nSPS) is 14.1. The summed E-state index contributed by atoms with van der Waals surface area (Å²) in [6, 6.07) is 7.51. The van der Waals surface area contributed by atoms with Crippen LogP contribution in [-0.4, -0.2) is 27.3 Å². The van der Waals surface area contributed by atoms with E-state index in [0.29, 0.717) is 18.8 Å². The van der Waals surface area contributed by atoms with Gasteiger partial charge in [-0.3, -0.25) is 9.78 Å². The van der Waals surface area contributed by atoms with E-state index in [4.69, 9.17) is 0 Å². The lowest BCUT2D eigenvalue weighted by molar-refractivity contribution is 0.0727. The lowest BCUT2D eigenvalue weighted by Crippen LogP contribution is -2.36. The highest BCUT2D eigenvalue weighted by molar-refractivity contribution is 9.10. The van der Waals surface area contributed by atoms with E-state index in [1.54, 1.807) is 18.5 Å². The number of rotatable bonds is 1. The highest BCUT2D eigenvalue weighted by Crippen LogP contribution is 2.18. The van der Waals surface area contributed by atoms with Gasteiger partial charge in [-0.25, -0.2) is 4.98 Å². The van der Waals surface area contributed by atoms with Crippen LogP contribution in [0.15, 0.2) is 41.1 Å². The maximum absolute atomic E-state index is 12.3. The Balaban J connectivity index is 1.81. The molecule has 4 nitrogen and oxygen atoms in total. The molecule has 0 aromatic carbocycles. The molecule has 19 heavy (non-hydrogen) atoms. The van der Waals surface area contributed by atoms with Crippen molar-refractivity contribution < 1.29 is 4.79 Å². The second-order valence-electron chi connectivity index (χ2n) is 4.45. The molecule has 2 aromatic rings. The van der Waals surface area contributed by atoms with E-state index in [9.17, 15) is 4.79 Å². The number of pyridine rings is 2. The summed E-state index contributed by atoms with van der Waals surface area (Å²) in [5.74, 6) is -0.0259. The second-order valence-corrected chi connectivity index (χ2v) is 5.36. The van der Waals surface area contributed by atoms with Gasteiger partial charge in [0.2, 0.25) is 0 Å². The fraction of sp³-hybridized carbons (Fsp3) is 0.214. The molecule has 0 N–H and O–H groups in total. The largest absolute Gasteiger partial charge is 0.333 e. The third kappa shape index (κ3) is 2.51. The first-order valence-corrected chi connectivity index (χ1v) is 6.87. The molecule has 3 rings (SSSR count). The van der Waals surface area contributed by atoms with Crippen molar-refractivity contribution in [2.45, 2.75) is 13.0 Å². The van der Waals surface area contributed by atoms with Crippen LogP contribution in [0.2, 0.25) is 0 Å². The van der Waals surface area contributed by atoms with Crippen LogP contribution in [0, 0.1) is 0 Å². The van der Waals surface area contributed by atoms with E-state index in [1.807, 2.05) is 23.1 Å². The van der Waals surface area contributed by atoms with E-state index in [2.05, 4.69) is 25.9 Å². The average molecular weight is 318 g/mol. The van der Waals surface area contributed by atoms with Gasteiger partial charge in [0.15, 0.2) is 0 Å². The topological polar surface area (TPSA) is 46.1 Å².